The second-order valence-corrected chi connectivity index (χ2v) is 7.42. The van der Waals surface area contributed by atoms with Gasteiger partial charge in [-0.3, -0.25) is 0 Å². The lowest BCUT2D eigenvalue weighted by Crippen LogP contribution is -2.12. The van der Waals surface area contributed by atoms with Crippen LogP contribution in [0.3, 0.4) is 0 Å². The Morgan fingerprint density at radius 1 is 0.696 bits per heavy atom. The monoisotopic (exact) mass is 320 g/mol. The minimum Gasteiger partial charge on any atom is -0.0651 e. The molecule has 0 saturated heterocycles. The summed E-state index contributed by atoms with van der Waals surface area (Å²) in [5.41, 5.74) is 3.16. The summed E-state index contributed by atoms with van der Waals surface area (Å²) < 4.78 is 0. The molecule has 0 N–H and O–H groups in total. The van der Waals surface area contributed by atoms with Crippen LogP contribution in [0.2, 0.25) is 0 Å². The third-order valence-electron chi connectivity index (χ3n) is 4.35. The summed E-state index contributed by atoms with van der Waals surface area (Å²) in [5.74, 6) is 0. The zero-order valence-corrected chi connectivity index (χ0v) is 15.1. The molecular weight excluding hydrogens is 295 g/mol. The van der Waals surface area contributed by atoms with E-state index < -0.39 is 0 Å². The van der Waals surface area contributed by atoms with E-state index in [1.54, 1.807) is 11.1 Å². The molecular formula is C22H25P. The van der Waals surface area contributed by atoms with Crippen LogP contribution in [0.15, 0.2) is 60.7 Å². The fourth-order valence-corrected chi connectivity index (χ4v) is 4.73. The first-order valence-corrected chi connectivity index (χ1v) is 9.69. The normalized spacial score (nSPS) is 11.6. The molecule has 3 rings (SSSR count). The zero-order chi connectivity index (χ0) is 16.1. The van der Waals surface area contributed by atoms with E-state index in [2.05, 4.69) is 74.5 Å². The lowest BCUT2D eigenvalue weighted by atomic mass is 10.00. The first-order valence-electron chi connectivity index (χ1n) is 8.69. The summed E-state index contributed by atoms with van der Waals surface area (Å²) in [6.45, 7) is 4.56. The number of benzene rings is 3. The van der Waals surface area contributed by atoms with Gasteiger partial charge in [-0.2, -0.15) is 0 Å². The summed E-state index contributed by atoms with van der Waals surface area (Å²) in [5, 5.41) is 5.75. The molecule has 1 unspecified atom stereocenters. The van der Waals surface area contributed by atoms with Crippen LogP contribution in [0, 0.1) is 0 Å². The van der Waals surface area contributed by atoms with Crippen molar-refractivity contribution in [2.24, 2.45) is 0 Å². The predicted molar refractivity (Wildman–Crippen MR) is 106 cm³/mol. The highest BCUT2D eigenvalue weighted by Gasteiger charge is 2.09. The van der Waals surface area contributed by atoms with Gasteiger partial charge >= 0.3 is 0 Å². The van der Waals surface area contributed by atoms with Gasteiger partial charge in [-0.25, -0.2) is 0 Å². The van der Waals surface area contributed by atoms with Crippen molar-refractivity contribution in [2.45, 2.75) is 39.5 Å². The maximum absolute atomic E-state index is 2.34. The quantitative estimate of drug-likeness (QED) is 0.535. The minimum absolute atomic E-state index is 0.740. The van der Waals surface area contributed by atoms with Gasteiger partial charge < -0.3 is 0 Å². The molecule has 23 heavy (non-hydrogen) atoms. The van der Waals surface area contributed by atoms with Gasteiger partial charge in [0.05, 0.1) is 0 Å². The molecule has 0 aromatic heterocycles. The van der Waals surface area contributed by atoms with Crippen molar-refractivity contribution < 1.29 is 0 Å². The number of rotatable bonds is 6. The van der Waals surface area contributed by atoms with E-state index in [-0.39, 0.29) is 0 Å². The fourth-order valence-electron chi connectivity index (χ4n) is 3.28. The Morgan fingerprint density at radius 2 is 1.39 bits per heavy atom. The second kappa shape index (κ2) is 7.75. The van der Waals surface area contributed by atoms with Crippen molar-refractivity contribution in [3.05, 3.63) is 71.8 Å². The van der Waals surface area contributed by atoms with E-state index in [1.807, 2.05) is 0 Å². The summed E-state index contributed by atoms with van der Waals surface area (Å²) in [6, 6.07) is 22.4. The third kappa shape index (κ3) is 3.65. The molecule has 0 spiro atoms. The summed E-state index contributed by atoms with van der Waals surface area (Å²) in [7, 11) is 0.740. The standard InChI is InChI=1S/C22H25P/c1-3-9-17-12-7-15-21(19(17)10-4-2)23-22-16-8-13-18-11-5-6-14-20(18)22/h5-8,11-16,23H,3-4,9-10H2,1-2H3. The van der Waals surface area contributed by atoms with Gasteiger partial charge in [0, 0.05) is 0 Å². The second-order valence-electron chi connectivity index (χ2n) is 6.09. The molecule has 0 amide bonds. The average Bonchev–Trinajstić information content (AvgIpc) is 2.58. The topological polar surface area (TPSA) is 0 Å². The maximum Gasteiger partial charge on any atom is -0.0106 e. The van der Waals surface area contributed by atoms with Gasteiger partial charge in [0.2, 0.25) is 0 Å². The molecule has 0 aliphatic rings. The van der Waals surface area contributed by atoms with Crippen molar-refractivity contribution in [1.82, 2.24) is 0 Å². The van der Waals surface area contributed by atoms with Crippen LogP contribution in [-0.4, -0.2) is 0 Å². The SMILES string of the molecule is CCCc1cccc(Pc2cccc3ccccc23)c1CCC. The maximum atomic E-state index is 2.34. The number of hydrogen-bond donors (Lipinski definition) is 0. The van der Waals surface area contributed by atoms with Crippen LogP contribution in [-0.2, 0) is 12.8 Å². The summed E-state index contributed by atoms with van der Waals surface area (Å²) >= 11 is 0. The third-order valence-corrected chi connectivity index (χ3v) is 5.79. The molecule has 0 bridgehead atoms. The van der Waals surface area contributed by atoms with Crippen LogP contribution in [0.1, 0.15) is 37.8 Å². The molecule has 1 atom stereocenters. The highest BCUT2D eigenvalue weighted by molar-refractivity contribution is 7.56. The first kappa shape index (κ1) is 16.2. The van der Waals surface area contributed by atoms with Crippen molar-refractivity contribution >= 4 is 30.0 Å². The van der Waals surface area contributed by atoms with Crippen LogP contribution in [0.25, 0.3) is 10.8 Å². The Balaban J connectivity index is 2.03. The molecule has 118 valence electrons. The highest BCUT2D eigenvalue weighted by atomic mass is 31.1. The minimum atomic E-state index is 0.740. The molecule has 0 radical (unpaired) electrons. The van der Waals surface area contributed by atoms with Gasteiger partial charge in [-0.15, -0.1) is 0 Å². The Morgan fingerprint density at radius 3 is 2.22 bits per heavy atom. The lowest BCUT2D eigenvalue weighted by Gasteiger charge is -2.15. The van der Waals surface area contributed by atoms with Crippen LogP contribution in [0.5, 0.6) is 0 Å². The number of aryl methyl sites for hydroxylation is 1. The van der Waals surface area contributed by atoms with E-state index in [0.29, 0.717) is 0 Å². The van der Waals surface area contributed by atoms with E-state index in [0.717, 1.165) is 8.58 Å². The molecule has 0 saturated carbocycles. The summed E-state index contributed by atoms with van der Waals surface area (Å²) in [6.07, 6.45) is 4.83. The fraction of sp³-hybridized carbons (Fsp3) is 0.273. The van der Waals surface area contributed by atoms with Gasteiger partial charge in [-0.05, 0) is 45.4 Å². The highest BCUT2D eigenvalue weighted by Crippen LogP contribution is 2.23. The molecule has 3 aromatic carbocycles. The Labute approximate surface area is 141 Å². The molecule has 0 aliphatic carbocycles. The predicted octanol–water partition coefficient (Wildman–Crippen LogP) is 5.37. The summed E-state index contributed by atoms with van der Waals surface area (Å²) in [4.78, 5) is 0. The van der Waals surface area contributed by atoms with E-state index in [4.69, 9.17) is 0 Å². The Bertz CT molecular complexity index is 784. The molecule has 0 nitrogen and oxygen atoms in total. The van der Waals surface area contributed by atoms with Crippen LogP contribution in [0.4, 0.5) is 0 Å². The largest absolute Gasteiger partial charge is 0.0651 e. The molecule has 1 heteroatoms. The Kier molecular flexibility index (Phi) is 5.47. The average molecular weight is 320 g/mol. The van der Waals surface area contributed by atoms with Crippen LogP contribution < -0.4 is 10.6 Å². The molecule has 0 heterocycles. The van der Waals surface area contributed by atoms with Crippen molar-refractivity contribution in [2.75, 3.05) is 0 Å². The van der Waals surface area contributed by atoms with Crippen molar-refractivity contribution in [3.8, 4) is 0 Å². The van der Waals surface area contributed by atoms with Crippen molar-refractivity contribution in [1.29, 1.82) is 0 Å². The number of hydrogen-bond acceptors (Lipinski definition) is 0. The lowest BCUT2D eigenvalue weighted by molar-refractivity contribution is 0.866. The van der Waals surface area contributed by atoms with E-state index >= 15 is 0 Å². The van der Waals surface area contributed by atoms with Crippen molar-refractivity contribution in [3.63, 3.8) is 0 Å². The molecule has 0 aliphatic heterocycles. The van der Waals surface area contributed by atoms with Gasteiger partial charge in [0.15, 0.2) is 0 Å². The van der Waals surface area contributed by atoms with Crippen LogP contribution >= 0.6 is 8.58 Å². The van der Waals surface area contributed by atoms with Gasteiger partial charge in [0.25, 0.3) is 0 Å². The smallest absolute Gasteiger partial charge is 0.0106 e. The molecule has 3 aromatic rings. The first-order chi connectivity index (χ1) is 11.3. The number of fused-ring (bicyclic) bond motifs is 1. The zero-order valence-electron chi connectivity index (χ0n) is 14.1. The van der Waals surface area contributed by atoms with E-state index in [9.17, 15) is 0 Å². The Hall–Kier alpha value is -1.65. The molecule has 0 fully saturated rings. The van der Waals surface area contributed by atoms with E-state index in [1.165, 1.54) is 47.1 Å². The van der Waals surface area contributed by atoms with Gasteiger partial charge in [-0.1, -0.05) is 95.9 Å². The van der Waals surface area contributed by atoms with Gasteiger partial charge in [0.1, 0.15) is 0 Å².